The maximum absolute atomic E-state index is 12.2. The highest BCUT2D eigenvalue weighted by Gasteiger charge is 2.14. The van der Waals surface area contributed by atoms with Crippen LogP contribution in [0.5, 0.6) is 0 Å². The lowest BCUT2D eigenvalue weighted by atomic mass is 9.95. The number of carbonyl (C=O) groups excluding carboxylic acids is 2. The Morgan fingerprint density at radius 2 is 0.485 bits per heavy atom. The molecule has 408 valence electrons. The lowest BCUT2D eigenvalue weighted by molar-refractivity contribution is -0.146. The van der Waals surface area contributed by atoms with E-state index >= 15 is 0 Å². The van der Waals surface area contributed by atoms with Crippen LogP contribution in [-0.2, 0) is 19.1 Å². The zero-order chi connectivity index (χ0) is 49.9. The zero-order valence-corrected chi connectivity index (χ0v) is 47.6. The van der Waals surface area contributed by atoms with Gasteiger partial charge >= 0.3 is 11.9 Å². The summed E-state index contributed by atoms with van der Waals surface area (Å²) < 4.78 is 11.4. The SMILES string of the molecule is CCCCCCCCC(CCCCCC)COC(=O)CCCCCCCCNCCCCCC.CCCCCCCCC(CCCCCC)COC(=O)CCCCCCCCNCCCCCC. The van der Waals surface area contributed by atoms with Gasteiger partial charge < -0.3 is 20.1 Å². The summed E-state index contributed by atoms with van der Waals surface area (Å²) in [5.74, 6) is 1.22. The molecule has 0 amide bonds. The Labute approximate surface area is 428 Å². The van der Waals surface area contributed by atoms with Gasteiger partial charge in [0.2, 0.25) is 0 Å². The average molecular weight is 964 g/mol. The molecule has 0 spiro atoms. The Hall–Kier alpha value is -1.14. The molecule has 0 saturated carbocycles. The number of rotatable bonds is 56. The Morgan fingerprint density at radius 1 is 0.279 bits per heavy atom. The predicted octanol–water partition coefficient (Wildman–Crippen LogP) is 19.5. The quantitative estimate of drug-likeness (QED) is 0.0467. The number of esters is 2. The summed E-state index contributed by atoms with van der Waals surface area (Å²) in [4.78, 5) is 24.5. The van der Waals surface area contributed by atoms with Gasteiger partial charge in [0, 0.05) is 12.8 Å². The second-order valence-corrected chi connectivity index (χ2v) is 21.3. The highest BCUT2D eigenvalue weighted by molar-refractivity contribution is 5.69. The van der Waals surface area contributed by atoms with Crippen LogP contribution in [0.4, 0.5) is 0 Å². The minimum Gasteiger partial charge on any atom is -0.465 e. The van der Waals surface area contributed by atoms with Crippen LogP contribution in [-0.4, -0.2) is 51.3 Å². The summed E-state index contributed by atoms with van der Waals surface area (Å²) in [6.45, 7) is 19.6. The van der Waals surface area contributed by atoms with Gasteiger partial charge in [-0.25, -0.2) is 0 Å². The van der Waals surface area contributed by atoms with Crippen LogP contribution in [0.1, 0.15) is 337 Å². The smallest absolute Gasteiger partial charge is 0.305 e. The molecule has 0 fully saturated rings. The molecule has 0 aliphatic carbocycles. The van der Waals surface area contributed by atoms with Crippen LogP contribution < -0.4 is 10.6 Å². The lowest BCUT2D eigenvalue weighted by Crippen LogP contribution is -2.16. The van der Waals surface area contributed by atoms with Crippen LogP contribution in [0.25, 0.3) is 0 Å². The fourth-order valence-corrected chi connectivity index (χ4v) is 9.39. The van der Waals surface area contributed by atoms with Crippen molar-refractivity contribution in [2.24, 2.45) is 11.8 Å². The van der Waals surface area contributed by atoms with Crippen molar-refractivity contribution < 1.29 is 19.1 Å². The molecule has 6 heteroatoms. The van der Waals surface area contributed by atoms with Gasteiger partial charge in [-0.1, -0.05) is 260 Å². The van der Waals surface area contributed by atoms with Gasteiger partial charge in [-0.3, -0.25) is 9.59 Å². The van der Waals surface area contributed by atoms with E-state index in [0.717, 1.165) is 38.8 Å². The molecule has 2 atom stereocenters. The maximum Gasteiger partial charge on any atom is 0.305 e. The van der Waals surface area contributed by atoms with E-state index in [4.69, 9.17) is 9.47 Å². The maximum atomic E-state index is 12.2. The number of hydrogen-bond acceptors (Lipinski definition) is 6. The molecule has 0 aromatic carbocycles. The molecule has 2 unspecified atom stereocenters. The third-order valence-corrected chi connectivity index (χ3v) is 14.2. The average Bonchev–Trinajstić information content (AvgIpc) is 3.34. The van der Waals surface area contributed by atoms with Crippen molar-refractivity contribution in [1.82, 2.24) is 10.6 Å². The Kier molecular flexibility index (Phi) is 62.8. The molecule has 6 nitrogen and oxygen atoms in total. The first-order chi connectivity index (χ1) is 33.5. The normalized spacial score (nSPS) is 12.2. The summed E-state index contributed by atoms with van der Waals surface area (Å²) in [6, 6.07) is 0. The van der Waals surface area contributed by atoms with Gasteiger partial charge in [0.1, 0.15) is 0 Å². The van der Waals surface area contributed by atoms with Gasteiger partial charge in [0.15, 0.2) is 0 Å². The van der Waals surface area contributed by atoms with Crippen molar-refractivity contribution >= 4 is 11.9 Å². The van der Waals surface area contributed by atoms with Crippen molar-refractivity contribution in [1.29, 1.82) is 0 Å². The highest BCUT2D eigenvalue weighted by Crippen LogP contribution is 2.22. The van der Waals surface area contributed by atoms with Gasteiger partial charge in [0.05, 0.1) is 13.2 Å². The molecule has 0 bridgehead atoms. The fourth-order valence-electron chi connectivity index (χ4n) is 9.39. The lowest BCUT2D eigenvalue weighted by Gasteiger charge is -2.17. The molecular formula is C62H126N2O4. The molecular weight excluding hydrogens is 837 g/mol. The van der Waals surface area contributed by atoms with E-state index in [0.29, 0.717) is 37.9 Å². The number of hydrogen-bond donors (Lipinski definition) is 2. The minimum absolute atomic E-state index is 0.0359. The van der Waals surface area contributed by atoms with E-state index in [9.17, 15) is 9.59 Å². The minimum atomic E-state index is 0.0359. The van der Waals surface area contributed by atoms with Crippen molar-refractivity contribution in [3.05, 3.63) is 0 Å². The summed E-state index contributed by atoms with van der Waals surface area (Å²) in [6.07, 6.45) is 58.1. The topological polar surface area (TPSA) is 76.7 Å². The van der Waals surface area contributed by atoms with Crippen LogP contribution in [0.2, 0.25) is 0 Å². The molecule has 2 N–H and O–H groups in total. The van der Waals surface area contributed by atoms with Gasteiger partial charge in [-0.15, -0.1) is 0 Å². The molecule has 0 heterocycles. The second-order valence-electron chi connectivity index (χ2n) is 21.3. The summed E-state index contributed by atoms with van der Waals surface area (Å²) >= 11 is 0. The number of carbonyl (C=O) groups is 2. The van der Waals surface area contributed by atoms with E-state index in [-0.39, 0.29) is 11.9 Å². The largest absolute Gasteiger partial charge is 0.465 e. The van der Waals surface area contributed by atoms with Crippen LogP contribution in [0.3, 0.4) is 0 Å². The van der Waals surface area contributed by atoms with E-state index in [1.54, 1.807) is 0 Å². The van der Waals surface area contributed by atoms with Crippen LogP contribution in [0, 0.1) is 11.8 Å². The third-order valence-electron chi connectivity index (χ3n) is 14.2. The van der Waals surface area contributed by atoms with Crippen molar-refractivity contribution in [2.45, 2.75) is 337 Å². The first-order valence-corrected chi connectivity index (χ1v) is 31.2. The molecule has 0 radical (unpaired) electrons. The van der Waals surface area contributed by atoms with Crippen LogP contribution >= 0.6 is 0 Å². The van der Waals surface area contributed by atoms with Crippen LogP contribution in [0.15, 0.2) is 0 Å². The predicted molar refractivity (Wildman–Crippen MR) is 301 cm³/mol. The van der Waals surface area contributed by atoms with E-state index < -0.39 is 0 Å². The highest BCUT2D eigenvalue weighted by atomic mass is 16.5. The van der Waals surface area contributed by atoms with Gasteiger partial charge in [-0.2, -0.15) is 0 Å². The molecule has 0 aromatic heterocycles. The molecule has 0 aliphatic heterocycles. The first-order valence-electron chi connectivity index (χ1n) is 31.2. The number of nitrogens with one attached hydrogen (secondary N) is 2. The van der Waals surface area contributed by atoms with E-state index in [1.807, 2.05) is 0 Å². The van der Waals surface area contributed by atoms with Gasteiger partial charge in [-0.05, 0) is 102 Å². The fraction of sp³-hybridized carbons (Fsp3) is 0.968. The zero-order valence-electron chi connectivity index (χ0n) is 47.6. The summed E-state index contributed by atoms with van der Waals surface area (Å²) in [5, 5.41) is 7.13. The molecule has 0 saturated heterocycles. The molecule has 68 heavy (non-hydrogen) atoms. The Balaban J connectivity index is 0. The Morgan fingerprint density at radius 3 is 0.765 bits per heavy atom. The first kappa shape index (κ1) is 68.9. The second kappa shape index (κ2) is 62.0. The monoisotopic (exact) mass is 963 g/mol. The third kappa shape index (κ3) is 59.2. The molecule has 0 aromatic rings. The summed E-state index contributed by atoms with van der Waals surface area (Å²) in [7, 11) is 0. The van der Waals surface area contributed by atoms with Gasteiger partial charge in [0.25, 0.3) is 0 Å². The van der Waals surface area contributed by atoms with E-state index in [2.05, 4.69) is 52.2 Å². The summed E-state index contributed by atoms with van der Waals surface area (Å²) in [5.41, 5.74) is 0. The number of ether oxygens (including phenoxy) is 2. The van der Waals surface area contributed by atoms with Crippen molar-refractivity contribution in [3.63, 3.8) is 0 Å². The van der Waals surface area contributed by atoms with E-state index in [1.165, 1.54) is 270 Å². The van der Waals surface area contributed by atoms with Crippen molar-refractivity contribution in [3.8, 4) is 0 Å². The number of unbranched alkanes of at least 4 members (excludes halogenated alkanes) is 32. The molecule has 0 rings (SSSR count). The van der Waals surface area contributed by atoms with Crippen molar-refractivity contribution in [2.75, 3.05) is 39.4 Å². The molecule has 0 aliphatic rings. The Bertz CT molecular complexity index is 872. The standard InChI is InChI=1S/2C31H63NO2/c2*1-4-7-10-13-16-20-25-30(24-19-11-8-5-2)29-34-31(33)26-21-17-14-15-18-23-28-32-27-22-12-9-6-3/h2*30,32H,4-29H2,1-3H3.